The van der Waals surface area contributed by atoms with Crippen LogP contribution in [0.1, 0.15) is 26.2 Å². The number of anilines is 1. The molecule has 1 amide bonds. The van der Waals surface area contributed by atoms with Crippen molar-refractivity contribution in [2.24, 2.45) is 5.92 Å². The lowest BCUT2D eigenvalue weighted by Crippen LogP contribution is -2.41. The first kappa shape index (κ1) is 14.1. The Kier molecular flexibility index (Phi) is 4.97. The molecule has 1 fully saturated rings. The van der Waals surface area contributed by atoms with Crippen LogP contribution in [0.4, 0.5) is 5.69 Å². The molecule has 1 aromatic rings. The molecule has 0 aliphatic carbocycles. The Labute approximate surface area is 116 Å². The van der Waals surface area contributed by atoms with E-state index in [0.29, 0.717) is 12.3 Å². The summed E-state index contributed by atoms with van der Waals surface area (Å²) in [5.74, 6) is 0.814. The molecule has 0 bridgehead atoms. The smallest absolute Gasteiger partial charge is 0.226 e. The highest BCUT2D eigenvalue weighted by Gasteiger charge is 2.22. The Morgan fingerprint density at radius 1 is 1.37 bits per heavy atom. The van der Waals surface area contributed by atoms with E-state index in [1.165, 1.54) is 19.4 Å². The molecule has 1 atom stereocenters. The third-order valence-corrected chi connectivity index (χ3v) is 3.83. The molecule has 1 aliphatic heterocycles. The van der Waals surface area contributed by atoms with E-state index in [2.05, 4.69) is 11.9 Å². The first-order chi connectivity index (χ1) is 9.20. The van der Waals surface area contributed by atoms with Crippen LogP contribution in [0.3, 0.4) is 0 Å². The van der Waals surface area contributed by atoms with E-state index in [-0.39, 0.29) is 5.91 Å². The second-order valence-electron chi connectivity index (χ2n) is 5.46. The first-order valence-corrected chi connectivity index (χ1v) is 7.24. The summed E-state index contributed by atoms with van der Waals surface area (Å²) in [6, 6.07) is 10.0. The maximum absolute atomic E-state index is 12.2. The normalized spacial score (nSPS) is 20.2. The number of para-hydroxylation sites is 1. The molecule has 19 heavy (non-hydrogen) atoms. The van der Waals surface area contributed by atoms with Gasteiger partial charge in [0.15, 0.2) is 0 Å². The molecule has 0 N–H and O–H groups in total. The second-order valence-corrected chi connectivity index (χ2v) is 5.46. The molecule has 1 heterocycles. The molecular weight excluding hydrogens is 236 g/mol. The van der Waals surface area contributed by atoms with Crippen LogP contribution < -0.4 is 4.90 Å². The number of likely N-dealkylation sites (tertiary alicyclic amines) is 1. The molecule has 0 unspecified atom stereocenters. The van der Waals surface area contributed by atoms with Crippen LogP contribution in [0, 0.1) is 5.92 Å². The highest BCUT2D eigenvalue weighted by molar-refractivity contribution is 5.93. The monoisotopic (exact) mass is 260 g/mol. The number of amides is 1. The van der Waals surface area contributed by atoms with Crippen molar-refractivity contribution < 1.29 is 4.79 Å². The van der Waals surface area contributed by atoms with Crippen molar-refractivity contribution in [1.82, 2.24) is 4.90 Å². The molecule has 104 valence electrons. The first-order valence-electron chi connectivity index (χ1n) is 7.24. The number of benzene rings is 1. The van der Waals surface area contributed by atoms with E-state index in [4.69, 9.17) is 0 Å². The van der Waals surface area contributed by atoms with Gasteiger partial charge in [0.25, 0.3) is 0 Å². The Bertz CT molecular complexity index is 404. The lowest BCUT2D eigenvalue weighted by molar-refractivity contribution is -0.118. The number of rotatable bonds is 4. The molecule has 2 rings (SSSR count). The quantitative estimate of drug-likeness (QED) is 0.831. The Morgan fingerprint density at radius 2 is 2.11 bits per heavy atom. The average Bonchev–Trinajstić information content (AvgIpc) is 2.45. The number of nitrogens with zero attached hydrogens (tertiary/aromatic N) is 2. The zero-order valence-corrected chi connectivity index (χ0v) is 12.0. The summed E-state index contributed by atoms with van der Waals surface area (Å²) in [4.78, 5) is 16.5. The summed E-state index contributed by atoms with van der Waals surface area (Å²) < 4.78 is 0. The topological polar surface area (TPSA) is 23.6 Å². The van der Waals surface area contributed by atoms with Gasteiger partial charge in [0.1, 0.15) is 0 Å². The molecule has 0 radical (unpaired) electrons. The fraction of sp³-hybridized carbons (Fsp3) is 0.562. The molecule has 1 aliphatic rings. The van der Waals surface area contributed by atoms with Gasteiger partial charge in [0.2, 0.25) is 5.91 Å². The van der Waals surface area contributed by atoms with Crippen molar-refractivity contribution in [2.45, 2.75) is 26.2 Å². The number of carbonyl (C=O) groups is 1. The minimum absolute atomic E-state index is 0.222. The largest absolute Gasteiger partial charge is 0.312 e. The molecule has 1 aromatic carbocycles. The van der Waals surface area contributed by atoms with Crippen LogP contribution >= 0.6 is 0 Å². The maximum Gasteiger partial charge on any atom is 0.226 e. The lowest BCUT2D eigenvalue weighted by Gasteiger charge is -2.33. The van der Waals surface area contributed by atoms with E-state index < -0.39 is 0 Å². The third-order valence-electron chi connectivity index (χ3n) is 3.83. The maximum atomic E-state index is 12.2. The fourth-order valence-electron chi connectivity index (χ4n) is 2.83. The summed E-state index contributed by atoms with van der Waals surface area (Å²) in [5, 5.41) is 0. The zero-order chi connectivity index (χ0) is 13.7. The van der Waals surface area contributed by atoms with E-state index in [0.717, 1.165) is 18.8 Å². The Balaban J connectivity index is 2.08. The molecule has 1 saturated heterocycles. The molecule has 0 saturated carbocycles. The third kappa shape index (κ3) is 3.80. The van der Waals surface area contributed by atoms with Gasteiger partial charge in [-0.15, -0.1) is 0 Å². The second kappa shape index (κ2) is 6.71. The van der Waals surface area contributed by atoms with E-state index in [1.54, 1.807) is 0 Å². The van der Waals surface area contributed by atoms with Crippen LogP contribution in [-0.2, 0) is 4.79 Å². The van der Waals surface area contributed by atoms with Crippen molar-refractivity contribution in [1.29, 1.82) is 0 Å². The average molecular weight is 260 g/mol. The number of piperidine rings is 1. The van der Waals surface area contributed by atoms with Gasteiger partial charge >= 0.3 is 0 Å². The summed E-state index contributed by atoms with van der Waals surface area (Å²) in [6.45, 7) is 5.07. The van der Waals surface area contributed by atoms with Crippen molar-refractivity contribution in [3.05, 3.63) is 30.3 Å². The van der Waals surface area contributed by atoms with Gasteiger partial charge in [0, 0.05) is 25.2 Å². The summed E-state index contributed by atoms with van der Waals surface area (Å²) >= 11 is 0. The Morgan fingerprint density at radius 3 is 2.74 bits per heavy atom. The molecular formula is C16H24N2O. The standard InChI is InChI=1S/C16H24N2O/c1-3-16(19)18(15-9-5-4-6-10-15)13-14-8-7-11-17(2)12-14/h4-6,9-10,14H,3,7-8,11-13H2,1-2H3/t14-/m1/s1. The minimum atomic E-state index is 0.222. The van der Waals surface area contributed by atoms with Crippen LogP contribution in [0.2, 0.25) is 0 Å². The molecule has 3 heteroatoms. The lowest BCUT2D eigenvalue weighted by atomic mass is 9.97. The molecule has 0 spiro atoms. The zero-order valence-electron chi connectivity index (χ0n) is 12.0. The van der Waals surface area contributed by atoms with Gasteiger partial charge in [-0.1, -0.05) is 25.1 Å². The van der Waals surface area contributed by atoms with E-state index in [1.807, 2.05) is 42.2 Å². The van der Waals surface area contributed by atoms with Crippen molar-refractivity contribution in [2.75, 3.05) is 31.6 Å². The van der Waals surface area contributed by atoms with Crippen molar-refractivity contribution >= 4 is 11.6 Å². The van der Waals surface area contributed by atoms with Gasteiger partial charge in [-0.2, -0.15) is 0 Å². The van der Waals surface area contributed by atoms with Crippen LogP contribution in [0.5, 0.6) is 0 Å². The summed E-state index contributed by atoms with van der Waals surface area (Å²) in [7, 11) is 2.17. The fourth-order valence-corrected chi connectivity index (χ4v) is 2.83. The van der Waals surface area contributed by atoms with Crippen LogP contribution in [0.25, 0.3) is 0 Å². The minimum Gasteiger partial charge on any atom is -0.312 e. The number of hydrogen-bond donors (Lipinski definition) is 0. The van der Waals surface area contributed by atoms with Crippen molar-refractivity contribution in [3.63, 3.8) is 0 Å². The number of carbonyl (C=O) groups excluding carboxylic acids is 1. The predicted molar refractivity (Wildman–Crippen MR) is 79.3 cm³/mol. The highest BCUT2D eigenvalue weighted by Crippen LogP contribution is 2.21. The van der Waals surface area contributed by atoms with Crippen LogP contribution in [-0.4, -0.2) is 37.5 Å². The van der Waals surface area contributed by atoms with Gasteiger partial charge in [-0.05, 0) is 44.5 Å². The SMILES string of the molecule is CCC(=O)N(C[C@@H]1CCCN(C)C1)c1ccccc1. The summed E-state index contributed by atoms with van der Waals surface area (Å²) in [6.07, 6.45) is 3.03. The summed E-state index contributed by atoms with van der Waals surface area (Å²) in [5.41, 5.74) is 1.03. The number of hydrogen-bond acceptors (Lipinski definition) is 2. The van der Waals surface area contributed by atoms with Gasteiger partial charge in [-0.3, -0.25) is 4.79 Å². The molecule has 0 aromatic heterocycles. The van der Waals surface area contributed by atoms with Crippen LogP contribution in [0.15, 0.2) is 30.3 Å². The molecule has 3 nitrogen and oxygen atoms in total. The predicted octanol–water partition coefficient (Wildman–Crippen LogP) is 2.77. The van der Waals surface area contributed by atoms with Gasteiger partial charge in [0.05, 0.1) is 0 Å². The van der Waals surface area contributed by atoms with Crippen molar-refractivity contribution in [3.8, 4) is 0 Å². The highest BCUT2D eigenvalue weighted by atomic mass is 16.2. The Hall–Kier alpha value is -1.35. The van der Waals surface area contributed by atoms with Gasteiger partial charge in [-0.25, -0.2) is 0 Å². The van der Waals surface area contributed by atoms with E-state index in [9.17, 15) is 4.79 Å². The van der Waals surface area contributed by atoms with E-state index >= 15 is 0 Å². The van der Waals surface area contributed by atoms with Gasteiger partial charge < -0.3 is 9.80 Å².